The quantitative estimate of drug-likeness (QED) is 0.647. The van der Waals surface area contributed by atoms with E-state index in [0.717, 1.165) is 6.42 Å². The molecule has 1 atom stereocenters. The monoisotopic (exact) mass is 280 g/mol. The van der Waals surface area contributed by atoms with E-state index in [-0.39, 0.29) is 6.04 Å². The van der Waals surface area contributed by atoms with Gasteiger partial charge in [-0.3, -0.25) is 5.84 Å². The van der Waals surface area contributed by atoms with Crippen LogP contribution in [0.3, 0.4) is 0 Å². The SMILES string of the molecule is CCCc1cccc(C(NN)c2ccc3c(c2)CCC3)c1. The maximum absolute atomic E-state index is 5.86. The number of rotatable bonds is 5. The smallest absolute Gasteiger partial charge is 0.0710 e. The normalized spacial score (nSPS) is 15.0. The van der Waals surface area contributed by atoms with Crippen LogP contribution in [0.1, 0.15) is 53.6 Å². The molecule has 2 heteroatoms. The van der Waals surface area contributed by atoms with E-state index in [1.807, 2.05) is 0 Å². The van der Waals surface area contributed by atoms with Crippen molar-refractivity contribution in [2.75, 3.05) is 0 Å². The van der Waals surface area contributed by atoms with Crippen LogP contribution in [0.5, 0.6) is 0 Å². The average Bonchev–Trinajstić information content (AvgIpc) is 2.96. The summed E-state index contributed by atoms with van der Waals surface area (Å²) in [5, 5.41) is 0. The number of benzene rings is 2. The summed E-state index contributed by atoms with van der Waals surface area (Å²) in [6, 6.07) is 15.7. The van der Waals surface area contributed by atoms with Crippen LogP contribution in [0, 0.1) is 0 Å². The maximum atomic E-state index is 5.86. The van der Waals surface area contributed by atoms with Crippen molar-refractivity contribution >= 4 is 0 Å². The highest BCUT2D eigenvalue weighted by molar-refractivity contribution is 5.40. The van der Waals surface area contributed by atoms with E-state index in [1.54, 1.807) is 0 Å². The first kappa shape index (κ1) is 14.3. The zero-order chi connectivity index (χ0) is 14.7. The van der Waals surface area contributed by atoms with Gasteiger partial charge in [-0.1, -0.05) is 55.8 Å². The van der Waals surface area contributed by atoms with Gasteiger partial charge in [-0.05, 0) is 53.5 Å². The zero-order valence-electron chi connectivity index (χ0n) is 12.7. The molecule has 21 heavy (non-hydrogen) atoms. The van der Waals surface area contributed by atoms with Gasteiger partial charge in [0.25, 0.3) is 0 Å². The van der Waals surface area contributed by atoms with Crippen molar-refractivity contribution in [3.8, 4) is 0 Å². The fourth-order valence-electron chi connectivity index (χ4n) is 3.37. The summed E-state index contributed by atoms with van der Waals surface area (Å²) in [5.74, 6) is 5.86. The number of aryl methyl sites for hydroxylation is 3. The molecule has 3 N–H and O–H groups in total. The molecule has 0 saturated heterocycles. The Balaban J connectivity index is 1.92. The number of hydrogen-bond acceptors (Lipinski definition) is 2. The third-order valence-electron chi connectivity index (χ3n) is 4.45. The Hall–Kier alpha value is -1.64. The molecular weight excluding hydrogens is 256 g/mol. The van der Waals surface area contributed by atoms with Crippen LogP contribution in [-0.2, 0) is 19.3 Å². The van der Waals surface area contributed by atoms with Crippen molar-refractivity contribution in [1.82, 2.24) is 5.43 Å². The molecule has 3 rings (SSSR count). The summed E-state index contributed by atoms with van der Waals surface area (Å²) in [4.78, 5) is 0. The summed E-state index contributed by atoms with van der Waals surface area (Å²) in [7, 11) is 0. The predicted octanol–water partition coefficient (Wildman–Crippen LogP) is 3.68. The highest BCUT2D eigenvalue weighted by Crippen LogP contribution is 2.28. The van der Waals surface area contributed by atoms with Gasteiger partial charge in [-0.25, -0.2) is 5.43 Å². The Bertz CT molecular complexity index is 619. The second-order valence-electron chi connectivity index (χ2n) is 5.98. The van der Waals surface area contributed by atoms with E-state index in [4.69, 9.17) is 5.84 Å². The molecule has 2 aromatic rings. The lowest BCUT2D eigenvalue weighted by atomic mass is 9.94. The second-order valence-corrected chi connectivity index (χ2v) is 5.98. The largest absolute Gasteiger partial charge is 0.271 e. The lowest BCUT2D eigenvalue weighted by Crippen LogP contribution is -2.29. The van der Waals surface area contributed by atoms with Gasteiger partial charge in [0.15, 0.2) is 0 Å². The molecule has 0 bridgehead atoms. The first-order valence-electron chi connectivity index (χ1n) is 7.98. The molecule has 0 saturated carbocycles. The molecule has 0 radical (unpaired) electrons. The molecule has 0 aliphatic heterocycles. The first-order valence-corrected chi connectivity index (χ1v) is 7.98. The van der Waals surface area contributed by atoms with Crippen LogP contribution in [0.4, 0.5) is 0 Å². The van der Waals surface area contributed by atoms with Gasteiger partial charge in [0, 0.05) is 0 Å². The van der Waals surface area contributed by atoms with E-state index in [2.05, 4.69) is 54.8 Å². The molecular formula is C19H24N2. The van der Waals surface area contributed by atoms with Crippen LogP contribution in [0.15, 0.2) is 42.5 Å². The summed E-state index contributed by atoms with van der Waals surface area (Å²) in [6.45, 7) is 2.21. The molecule has 0 spiro atoms. The number of nitrogens with one attached hydrogen (secondary N) is 1. The Morgan fingerprint density at radius 3 is 2.67 bits per heavy atom. The molecule has 0 fully saturated rings. The van der Waals surface area contributed by atoms with Gasteiger partial charge in [0.2, 0.25) is 0 Å². The highest BCUT2D eigenvalue weighted by Gasteiger charge is 2.17. The number of hydrazine groups is 1. The summed E-state index contributed by atoms with van der Waals surface area (Å²) in [6.07, 6.45) is 6.00. The van der Waals surface area contributed by atoms with E-state index < -0.39 is 0 Å². The van der Waals surface area contributed by atoms with Crippen molar-refractivity contribution in [1.29, 1.82) is 0 Å². The minimum Gasteiger partial charge on any atom is -0.271 e. The summed E-state index contributed by atoms with van der Waals surface area (Å²) < 4.78 is 0. The lowest BCUT2D eigenvalue weighted by Gasteiger charge is -2.19. The second kappa shape index (κ2) is 6.42. The molecule has 1 aliphatic carbocycles. The van der Waals surface area contributed by atoms with Crippen LogP contribution < -0.4 is 11.3 Å². The minimum absolute atomic E-state index is 0.0766. The van der Waals surface area contributed by atoms with E-state index in [9.17, 15) is 0 Å². The van der Waals surface area contributed by atoms with Crippen molar-refractivity contribution in [3.05, 3.63) is 70.3 Å². The topological polar surface area (TPSA) is 38.0 Å². The molecule has 110 valence electrons. The van der Waals surface area contributed by atoms with Crippen LogP contribution in [-0.4, -0.2) is 0 Å². The van der Waals surface area contributed by atoms with Crippen LogP contribution >= 0.6 is 0 Å². The summed E-state index contributed by atoms with van der Waals surface area (Å²) in [5.41, 5.74) is 9.91. The third kappa shape index (κ3) is 3.02. The third-order valence-corrected chi connectivity index (χ3v) is 4.45. The highest BCUT2D eigenvalue weighted by atomic mass is 15.2. The van der Waals surface area contributed by atoms with Crippen molar-refractivity contribution in [2.45, 2.75) is 45.1 Å². The molecule has 1 unspecified atom stereocenters. The molecule has 2 nitrogen and oxygen atoms in total. The van der Waals surface area contributed by atoms with Gasteiger partial charge in [-0.2, -0.15) is 0 Å². The Morgan fingerprint density at radius 1 is 1.05 bits per heavy atom. The summed E-state index contributed by atoms with van der Waals surface area (Å²) >= 11 is 0. The molecule has 0 amide bonds. The van der Waals surface area contributed by atoms with Crippen LogP contribution in [0.2, 0.25) is 0 Å². The fraction of sp³-hybridized carbons (Fsp3) is 0.368. The Kier molecular flexibility index (Phi) is 4.37. The molecule has 1 aliphatic rings. The zero-order valence-corrected chi connectivity index (χ0v) is 12.7. The number of nitrogens with two attached hydrogens (primary N) is 1. The number of hydrogen-bond donors (Lipinski definition) is 2. The van der Waals surface area contributed by atoms with Gasteiger partial charge >= 0.3 is 0 Å². The molecule has 0 heterocycles. The standard InChI is InChI=1S/C19H24N2/c1-2-5-14-6-3-9-17(12-14)19(21-20)18-11-10-15-7-4-8-16(15)13-18/h3,6,9-13,19,21H,2,4-5,7-8,20H2,1H3. The van der Waals surface area contributed by atoms with Crippen LogP contribution in [0.25, 0.3) is 0 Å². The number of fused-ring (bicyclic) bond motifs is 1. The molecule has 2 aromatic carbocycles. The predicted molar refractivity (Wildman–Crippen MR) is 88.1 cm³/mol. The van der Waals surface area contributed by atoms with E-state index in [1.165, 1.54) is 53.5 Å². The van der Waals surface area contributed by atoms with E-state index >= 15 is 0 Å². The fourth-order valence-corrected chi connectivity index (χ4v) is 3.37. The molecule has 0 aromatic heterocycles. The maximum Gasteiger partial charge on any atom is 0.0710 e. The lowest BCUT2D eigenvalue weighted by molar-refractivity contribution is 0.635. The van der Waals surface area contributed by atoms with Crippen molar-refractivity contribution in [3.63, 3.8) is 0 Å². The average molecular weight is 280 g/mol. The van der Waals surface area contributed by atoms with Gasteiger partial charge in [0.1, 0.15) is 0 Å². The van der Waals surface area contributed by atoms with Crippen molar-refractivity contribution < 1.29 is 0 Å². The van der Waals surface area contributed by atoms with Crippen molar-refractivity contribution in [2.24, 2.45) is 5.84 Å². The first-order chi connectivity index (χ1) is 10.3. The Labute approximate surface area is 127 Å². The van der Waals surface area contributed by atoms with Gasteiger partial charge in [0.05, 0.1) is 6.04 Å². The minimum atomic E-state index is 0.0766. The van der Waals surface area contributed by atoms with Gasteiger partial charge < -0.3 is 0 Å². The van der Waals surface area contributed by atoms with Gasteiger partial charge in [-0.15, -0.1) is 0 Å². The Morgan fingerprint density at radius 2 is 1.86 bits per heavy atom. The van der Waals surface area contributed by atoms with E-state index in [0.29, 0.717) is 0 Å².